The van der Waals surface area contributed by atoms with E-state index in [0.29, 0.717) is 30.5 Å². The van der Waals surface area contributed by atoms with Gasteiger partial charge in [0, 0.05) is 32.8 Å². The number of imidazole rings is 2. The molecule has 1 atom stereocenters. The molecule has 1 aliphatic heterocycles. The highest BCUT2D eigenvalue weighted by Crippen LogP contribution is 2.30. The predicted octanol–water partition coefficient (Wildman–Crippen LogP) is 2.98. The van der Waals surface area contributed by atoms with Gasteiger partial charge in [-0.3, -0.25) is 4.90 Å². The molecule has 0 aliphatic carbocycles. The molecule has 3 heterocycles. The van der Waals surface area contributed by atoms with Crippen molar-refractivity contribution in [2.24, 2.45) is 13.0 Å². The van der Waals surface area contributed by atoms with Crippen LogP contribution in [0.4, 0.5) is 13.2 Å². The smallest absolute Gasteiger partial charge is 0.334 e. The van der Waals surface area contributed by atoms with Crippen molar-refractivity contribution in [3.05, 3.63) is 34.9 Å². The van der Waals surface area contributed by atoms with E-state index in [1.54, 1.807) is 10.8 Å². The molecule has 9 heteroatoms. The molecule has 132 valence electrons. The summed E-state index contributed by atoms with van der Waals surface area (Å²) in [5, 5.41) is 0.582. The van der Waals surface area contributed by atoms with E-state index in [1.807, 2.05) is 18.7 Å². The number of alkyl halides is 3. The number of aryl methyl sites for hydroxylation is 1. The molecule has 0 radical (unpaired) electrons. The molecule has 2 aromatic heterocycles. The van der Waals surface area contributed by atoms with Crippen LogP contribution in [0.2, 0.25) is 5.15 Å². The number of hydrogen-bond donors (Lipinski definition) is 0. The molecule has 1 aliphatic rings. The van der Waals surface area contributed by atoms with E-state index >= 15 is 0 Å². The molecule has 0 saturated heterocycles. The van der Waals surface area contributed by atoms with Crippen LogP contribution < -0.4 is 0 Å². The van der Waals surface area contributed by atoms with E-state index in [4.69, 9.17) is 11.6 Å². The number of nitrogens with zero attached hydrogens (tertiary/aromatic N) is 5. The monoisotopic (exact) mass is 361 g/mol. The largest absolute Gasteiger partial charge is 0.434 e. The lowest BCUT2D eigenvalue weighted by atomic mass is 9.99. The molecule has 0 N–H and O–H groups in total. The van der Waals surface area contributed by atoms with Gasteiger partial charge in [0.25, 0.3) is 0 Å². The van der Waals surface area contributed by atoms with Gasteiger partial charge >= 0.3 is 6.18 Å². The zero-order valence-corrected chi connectivity index (χ0v) is 14.3. The second-order valence-electron chi connectivity index (χ2n) is 6.35. The Balaban J connectivity index is 1.61. The Hall–Kier alpha value is -1.54. The van der Waals surface area contributed by atoms with Crippen LogP contribution in [0.25, 0.3) is 0 Å². The van der Waals surface area contributed by atoms with E-state index in [9.17, 15) is 13.2 Å². The molecule has 0 amide bonds. The maximum atomic E-state index is 12.8. The molecule has 0 fully saturated rings. The molecular weight excluding hydrogens is 343 g/mol. The van der Waals surface area contributed by atoms with Crippen LogP contribution in [-0.4, -0.2) is 37.6 Å². The maximum absolute atomic E-state index is 12.8. The number of rotatable bonds is 4. The van der Waals surface area contributed by atoms with Gasteiger partial charge in [-0.15, -0.1) is 0 Å². The SMILES string of the molecule is CN(Cc1ncc(Cl)n1C)C[C@H]1CCc2nc(C(F)(F)F)cn2C1. The fraction of sp³-hybridized carbons (Fsp3) is 0.600. The van der Waals surface area contributed by atoms with Gasteiger partial charge in [0.15, 0.2) is 5.69 Å². The summed E-state index contributed by atoms with van der Waals surface area (Å²) in [4.78, 5) is 10.1. The third-order valence-electron chi connectivity index (χ3n) is 4.39. The van der Waals surface area contributed by atoms with Gasteiger partial charge in [-0.2, -0.15) is 13.2 Å². The molecule has 0 aromatic carbocycles. The summed E-state index contributed by atoms with van der Waals surface area (Å²) in [6.45, 7) is 1.98. The van der Waals surface area contributed by atoms with Crippen LogP contribution >= 0.6 is 11.6 Å². The second-order valence-corrected chi connectivity index (χ2v) is 6.74. The van der Waals surface area contributed by atoms with E-state index in [1.165, 1.54) is 0 Å². The molecule has 0 saturated carbocycles. The predicted molar refractivity (Wildman–Crippen MR) is 83.6 cm³/mol. The van der Waals surface area contributed by atoms with E-state index < -0.39 is 11.9 Å². The number of aromatic nitrogens is 4. The average Bonchev–Trinajstić information content (AvgIpc) is 3.05. The minimum Gasteiger partial charge on any atom is -0.334 e. The van der Waals surface area contributed by atoms with Crippen molar-refractivity contribution in [1.82, 2.24) is 24.0 Å². The topological polar surface area (TPSA) is 38.9 Å². The quantitative estimate of drug-likeness (QED) is 0.840. The molecular formula is C15H19ClF3N5. The number of fused-ring (bicyclic) bond motifs is 1. The van der Waals surface area contributed by atoms with Gasteiger partial charge in [0.1, 0.15) is 16.8 Å². The fourth-order valence-corrected chi connectivity index (χ4v) is 3.26. The van der Waals surface area contributed by atoms with Gasteiger partial charge < -0.3 is 9.13 Å². The lowest BCUT2D eigenvalue weighted by Gasteiger charge is -2.28. The summed E-state index contributed by atoms with van der Waals surface area (Å²) < 4.78 is 41.7. The van der Waals surface area contributed by atoms with Gasteiger partial charge in [-0.1, -0.05) is 11.6 Å². The van der Waals surface area contributed by atoms with Crippen molar-refractivity contribution in [3.63, 3.8) is 0 Å². The van der Waals surface area contributed by atoms with Crippen molar-refractivity contribution >= 4 is 11.6 Å². The molecule has 24 heavy (non-hydrogen) atoms. The van der Waals surface area contributed by atoms with E-state index in [2.05, 4.69) is 14.9 Å². The summed E-state index contributed by atoms with van der Waals surface area (Å²) in [7, 11) is 3.84. The van der Waals surface area contributed by atoms with Crippen molar-refractivity contribution in [3.8, 4) is 0 Å². The van der Waals surface area contributed by atoms with Crippen molar-refractivity contribution in [2.45, 2.75) is 32.1 Å². The van der Waals surface area contributed by atoms with Crippen LogP contribution in [0.1, 0.15) is 23.8 Å². The first kappa shape index (κ1) is 17.3. The highest BCUT2D eigenvalue weighted by molar-refractivity contribution is 6.29. The minimum atomic E-state index is -4.38. The van der Waals surface area contributed by atoms with Crippen LogP contribution in [0.3, 0.4) is 0 Å². The summed E-state index contributed by atoms with van der Waals surface area (Å²) in [6, 6.07) is 0. The molecule has 0 unspecified atom stereocenters. The Morgan fingerprint density at radius 3 is 2.79 bits per heavy atom. The Labute approximate surface area is 143 Å². The zero-order valence-electron chi connectivity index (χ0n) is 13.5. The summed E-state index contributed by atoms with van der Waals surface area (Å²) in [5.74, 6) is 1.67. The first-order valence-corrected chi connectivity index (χ1v) is 8.09. The number of hydrogen-bond acceptors (Lipinski definition) is 3. The van der Waals surface area contributed by atoms with Crippen LogP contribution in [0.5, 0.6) is 0 Å². The summed E-state index contributed by atoms with van der Waals surface area (Å²) >= 11 is 5.98. The highest BCUT2D eigenvalue weighted by atomic mass is 35.5. The zero-order chi connectivity index (χ0) is 17.5. The third-order valence-corrected chi connectivity index (χ3v) is 4.74. The van der Waals surface area contributed by atoms with Gasteiger partial charge in [0.2, 0.25) is 0 Å². The third kappa shape index (κ3) is 3.59. The normalized spacial score (nSPS) is 18.2. The highest BCUT2D eigenvalue weighted by Gasteiger charge is 2.35. The van der Waals surface area contributed by atoms with Crippen LogP contribution in [-0.2, 0) is 32.7 Å². The van der Waals surface area contributed by atoms with Gasteiger partial charge in [-0.25, -0.2) is 9.97 Å². The first-order valence-electron chi connectivity index (χ1n) is 7.72. The average molecular weight is 362 g/mol. The standard InChI is InChI=1S/C15H19ClF3N5/c1-22(9-14-20-5-12(16)23(14)2)6-10-3-4-13-21-11(15(17,18)19)8-24(13)7-10/h5,8,10H,3-4,6-7,9H2,1-2H3/t10-/m1/s1. The van der Waals surface area contributed by atoms with E-state index in [-0.39, 0.29) is 5.92 Å². The lowest BCUT2D eigenvalue weighted by molar-refractivity contribution is -0.141. The Morgan fingerprint density at radius 1 is 1.42 bits per heavy atom. The Bertz CT molecular complexity index is 721. The Morgan fingerprint density at radius 2 is 2.17 bits per heavy atom. The summed E-state index contributed by atoms with van der Waals surface area (Å²) in [6.07, 6.45) is -0.237. The van der Waals surface area contributed by atoms with Crippen LogP contribution in [0.15, 0.2) is 12.4 Å². The van der Waals surface area contributed by atoms with Gasteiger partial charge in [-0.05, 0) is 19.4 Å². The van der Waals surface area contributed by atoms with Crippen LogP contribution in [0, 0.1) is 5.92 Å². The van der Waals surface area contributed by atoms with Crippen molar-refractivity contribution < 1.29 is 13.2 Å². The molecule has 3 rings (SSSR count). The minimum absolute atomic E-state index is 0.286. The van der Waals surface area contributed by atoms with E-state index in [0.717, 1.165) is 25.0 Å². The first-order chi connectivity index (χ1) is 11.2. The second kappa shape index (κ2) is 6.40. The summed E-state index contributed by atoms with van der Waals surface area (Å²) in [5.41, 5.74) is -0.797. The Kier molecular flexibility index (Phi) is 4.61. The lowest BCUT2D eigenvalue weighted by Crippen LogP contribution is -2.31. The van der Waals surface area contributed by atoms with Crippen molar-refractivity contribution in [2.75, 3.05) is 13.6 Å². The number of halogens is 4. The molecule has 0 bridgehead atoms. The van der Waals surface area contributed by atoms with Gasteiger partial charge in [0.05, 0.1) is 12.7 Å². The maximum Gasteiger partial charge on any atom is 0.434 e. The molecule has 2 aromatic rings. The molecule has 0 spiro atoms. The van der Waals surface area contributed by atoms with Crippen molar-refractivity contribution in [1.29, 1.82) is 0 Å². The molecule has 5 nitrogen and oxygen atoms in total. The fourth-order valence-electron chi connectivity index (χ4n) is 3.12.